The third kappa shape index (κ3) is 10.1. The smallest absolute Gasteiger partial charge is 0.422 e. The summed E-state index contributed by atoms with van der Waals surface area (Å²) in [5.41, 5.74) is 1.51. The minimum absolute atomic E-state index is 0. The summed E-state index contributed by atoms with van der Waals surface area (Å²) in [6, 6.07) is 12.5. The van der Waals surface area contributed by atoms with Crippen LogP contribution in [0.3, 0.4) is 0 Å². The van der Waals surface area contributed by atoms with Gasteiger partial charge in [0.2, 0.25) is 5.88 Å². The van der Waals surface area contributed by atoms with Gasteiger partial charge in [-0.05, 0) is 30.5 Å². The van der Waals surface area contributed by atoms with E-state index in [1.165, 1.54) is 12.3 Å². The highest BCUT2D eigenvalue weighted by Crippen LogP contribution is 2.18. The fourth-order valence-electron chi connectivity index (χ4n) is 2.46. The predicted molar refractivity (Wildman–Crippen MR) is 120 cm³/mol. The van der Waals surface area contributed by atoms with E-state index in [1.807, 2.05) is 37.3 Å². The first-order valence-electron chi connectivity index (χ1n) is 9.27. The molecule has 2 aromatic rings. The zero-order valence-electron chi connectivity index (χ0n) is 16.5. The first-order valence-corrected chi connectivity index (χ1v) is 9.27. The van der Waals surface area contributed by atoms with Crippen molar-refractivity contribution in [2.24, 2.45) is 4.99 Å². The van der Waals surface area contributed by atoms with Crippen LogP contribution in [0.2, 0.25) is 0 Å². The predicted octanol–water partition coefficient (Wildman–Crippen LogP) is 3.82. The molecule has 3 N–H and O–H groups in total. The molecule has 0 aliphatic rings. The van der Waals surface area contributed by atoms with Gasteiger partial charge in [-0.1, -0.05) is 30.3 Å². The maximum Gasteiger partial charge on any atom is 0.422 e. The molecule has 0 spiro atoms. The Morgan fingerprint density at radius 3 is 2.60 bits per heavy atom. The number of nitrogens with one attached hydrogen (secondary N) is 2. The van der Waals surface area contributed by atoms with E-state index in [-0.39, 0.29) is 36.4 Å². The molecule has 0 aliphatic heterocycles. The zero-order valence-corrected chi connectivity index (χ0v) is 18.9. The third-order valence-corrected chi connectivity index (χ3v) is 3.84. The van der Waals surface area contributed by atoms with Crippen LogP contribution >= 0.6 is 24.0 Å². The van der Waals surface area contributed by atoms with Crippen molar-refractivity contribution in [3.8, 4) is 5.88 Å². The minimum Gasteiger partial charge on any atom is -0.468 e. The number of hydrogen-bond donors (Lipinski definition) is 3. The zero-order chi connectivity index (χ0) is 21.1. The van der Waals surface area contributed by atoms with Crippen LogP contribution in [0, 0.1) is 0 Å². The molecule has 1 atom stereocenters. The summed E-state index contributed by atoms with van der Waals surface area (Å²) in [5.74, 6) is 0.446. The molecule has 1 aromatic carbocycles. The van der Waals surface area contributed by atoms with Crippen molar-refractivity contribution in [3.05, 3.63) is 59.8 Å². The average molecular weight is 538 g/mol. The topological polar surface area (TPSA) is 78.8 Å². The van der Waals surface area contributed by atoms with Gasteiger partial charge in [0.15, 0.2) is 12.6 Å². The van der Waals surface area contributed by atoms with Crippen molar-refractivity contribution in [1.82, 2.24) is 15.6 Å². The molecule has 1 unspecified atom stereocenters. The number of ether oxygens (including phenoxy) is 1. The lowest BCUT2D eigenvalue weighted by Gasteiger charge is -2.14. The number of benzene rings is 1. The maximum atomic E-state index is 12.3. The second kappa shape index (κ2) is 13.3. The molecule has 0 bridgehead atoms. The highest BCUT2D eigenvalue weighted by atomic mass is 127. The van der Waals surface area contributed by atoms with Crippen LogP contribution in [0.25, 0.3) is 0 Å². The Morgan fingerprint density at radius 2 is 1.93 bits per heavy atom. The summed E-state index contributed by atoms with van der Waals surface area (Å²) >= 11 is 0. The highest BCUT2D eigenvalue weighted by molar-refractivity contribution is 14.0. The van der Waals surface area contributed by atoms with Crippen LogP contribution in [0.4, 0.5) is 13.2 Å². The molecule has 0 aliphatic carbocycles. The largest absolute Gasteiger partial charge is 0.468 e. The van der Waals surface area contributed by atoms with Gasteiger partial charge >= 0.3 is 6.18 Å². The second-order valence-electron chi connectivity index (χ2n) is 6.24. The van der Waals surface area contributed by atoms with Gasteiger partial charge in [-0.25, -0.2) is 9.98 Å². The monoisotopic (exact) mass is 538 g/mol. The summed E-state index contributed by atoms with van der Waals surface area (Å²) in [6.07, 6.45) is -3.12. The summed E-state index contributed by atoms with van der Waals surface area (Å²) in [5, 5.41) is 16.4. The Kier molecular flexibility index (Phi) is 11.5. The third-order valence-electron chi connectivity index (χ3n) is 3.84. The van der Waals surface area contributed by atoms with E-state index in [4.69, 9.17) is 0 Å². The van der Waals surface area contributed by atoms with Gasteiger partial charge in [0.1, 0.15) is 0 Å². The van der Waals surface area contributed by atoms with Crippen LogP contribution in [-0.2, 0) is 6.54 Å². The second-order valence-corrected chi connectivity index (χ2v) is 6.24. The fourth-order valence-corrected chi connectivity index (χ4v) is 2.46. The van der Waals surface area contributed by atoms with Gasteiger partial charge in [-0.2, -0.15) is 13.2 Å². The van der Waals surface area contributed by atoms with Gasteiger partial charge in [-0.3, -0.25) is 0 Å². The van der Waals surface area contributed by atoms with E-state index in [0.717, 1.165) is 5.56 Å². The van der Waals surface area contributed by atoms with E-state index in [9.17, 15) is 18.3 Å². The number of aliphatic hydroxyl groups is 1. The van der Waals surface area contributed by atoms with E-state index in [0.29, 0.717) is 31.0 Å². The number of hydrogen-bond acceptors (Lipinski definition) is 4. The lowest BCUT2D eigenvalue weighted by Crippen LogP contribution is -2.38. The number of halogens is 4. The molecular weight excluding hydrogens is 512 g/mol. The number of aliphatic hydroxyl groups excluding tert-OH is 1. The molecule has 30 heavy (non-hydrogen) atoms. The van der Waals surface area contributed by atoms with E-state index in [2.05, 4.69) is 25.3 Å². The lowest BCUT2D eigenvalue weighted by atomic mass is 10.1. The van der Waals surface area contributed by atoms with Crippen molar-refractivity contribution in [3.63, 3.8) is 0 Å². The number of guanidine groups is 1. The van der Waals surface area contributed by atoms with Gasteiger partial charge in [-0.15, -0.1) is 24.0 Å². The number of rotatable bonds is 9. The van der Waals surface area contributed by atoms with Crippen LogP contribution in [0.15, 0.2) is 53.7 Å². The Bertz CT molecular complexity index is 776. The summed E-state index contributed by atoms with van der Waals surface area (Å²) < 4.78 is 41.4. The molecule has 2 rings (SSSR count). The van der Waals surface area contributed by atoms with Crippen molar-refractivity contribution in [1.29, 1.82) is 0 Å². The van der Waals surface area contributed by atoms with Crippen LogP contribution in [0.5, 0.6) is 5.88 Å². The Labute approximate surface area is 191 Å². The van der Waals surface area contributed by atoms with Crippen molar-refractivity contribution in [2.75, 3.05) is 19.7 Å². The molecule has 0 saturated heterocycles. The standard InChI is InChI=1S/C20H25F3N4O2.HI/c1-2-24-19(26-11-9-17(28)16-6-4-3-5-7-16)27-13-15-8-10-25-18(12-15)29-14-20(21,22)23;/h3-8,10,12,17,28H,2,9,11,13-14H2,1H3,(H2,24,26,27);1H. The number of nitrogens with zero attached hydrogens (tertiary/aromatic N) is 2. The molecule has 166 valence electrons. The maximum absolute atomic E-state index is 12.3. The van der Waals surface area contributed by atoms with Gasteiger partial charge < -0.3 is 20.5 Å². The normalized spacial score (nSPS) is 12.6. The van der Waals surface area contributed by atoms with Crippen molar-refractivity contribution < 1.29 is 23.0 Å². The van der Waals surface area contributed by atoms with Crippen LogP contribution < -0.4 is 15.4 Å². The lowest BCUT2D eigenvalue weighted by molar-refractivity contribution is -0.154. The Balaban J connectivity index is 0.00000450. The number of alkyl halides is 3. The van der Waals surface area contributed by atoms with Crippen LogP contribution in [-0.4, -0.2) is 41.9 Å². The first-order chi connectivity index (χ1) is 13.9. The summed E-state index contributed by atoms with van der Waals surface area (Å²) in [4.78, 5) is 8.18. The number of pyridine rings is 1. The van der Waals surface area contributed by atoms with Gasteiger partial charge in [0, 0.05) is 25.4 Å². The molecule has 1 heterocycles. The van der Waals surface area contributed by atoms with Crippen LogP contribution in [0.1, 0.15) is 30.6 Å². The van der Waals surface area contributed by atoms with E-state index in [1.54, 1.807) is 6.07 Å². The molecule has 10 heteroatoms. The Morgan fingerprint density at radius 1 is 1.20 bits per heavy atom. The molecule has 0 amide bonds. The molecule has 1 aromatic heterocycles. The quantitative estimate of drug-likeness (QED) is 0.257. The highest BCUT2D eigenvalue weighted by Gasteiger charge is 2.28. The SMILES string of the molecule is CCNC(=NCc1ccnc(OCC(F)(F)F)c1)NCCC(O)c1ccccc1.I. The van der Waals surface area contributed by atoms with Gasteiger partial charge in [0.25, 0.3) is 0 Å². The van der Waals surface area contributed by atoms with Crippen molar-refractivity contribution >= 4 is 29.9 Å². The molecule has 0 saturated carbocycles. The molecule has 0 fully saturated rings. The minimum atomic E-state index is -4.41. The Hall–Kier alpha value is -2.08. The fraction of sp³-hybridized carbons (Fsp3) is 0.400. The molecule has 6 nitrogen and oxygen atoms in total. The summed E-state index contributed by atoms with van der Waals surface area (Å²) in [6.45, 7) is 1.91. The molecular formula is C20H26F3IN4O2. The molecule has 0 radical (unpaired) electrons. The average Bonchev–Trinajstić information content (AvgIpc) is 2.71. The number of aromatic nitrogens is 1. The first kappa shape index (κ1) is 26.0. The van der Waals surface area contributed by atoms with Crippen molar-refractivity contribution in [2.45, 2.75) is 32.2 Å². The number of aliphatic imine (C=N–C) groups is 1. The van der Waals surface area contributed by atoms with E-state index < -0.39 is 18.9 Å². The summed E-state index contributed by atoms with van der Waals surface area (Å²) in [7, 11) is 0. The van der Waals surface area contributed by atoms with E-state index >= 15 is 0 Å². The van der Waals surface area contributed by atoms with Gasteiger partial charge in [0.05, 0.1) is 12.6 Å².